The van der Waals surface area contributed by atoms with Crippen molar-refractivity contribution < 1.29 is 58.0 Å². The van der Waals surface area contributed by atoms with E-state index >= 15 is 0 Å². The van der Waals surface area contributed by atoms with Gasteiger partial charge in [-0.2, -0.15) is 5.10 Å². The molecular weight excluding hydrogens is 482 g/mol. The van der Waals surface area contributed by atoms with Crippen LogP contribution in [-0.2, 0) is 15.5 Å². The number of phosphoric acid groups is 1. The Balaban J connectivity index is 0.00000342. The molecule has 2 aromatic rings. The molecule has 0 saturated heterocycles. The molecule has 1 aromatic heterocycles. The second-order valence-corrected chi connectivity index (χ2v) is 11.2. The number of nitrogens with zero attached hydrogens (tertiary/aromatic N) is 2. The minimum Gasteiger partial charge on any atom is -0.756 e. The number of rotatable bonds is 6. The van der Waals surface area contributed by atoms with E-state index in [0.717, 1.165) is 5.69 Å². The van der Waals surface area contributed by atoms with Crippen molar-refractivity contribution >= 4 is 25.2 Å². The monoisotopic (exact) mass is 512 g/mol. The maximum atomic E-state index is 12.8. The van der Waals surface area contributed by atoms with Crippen molar-refractivity contribution in [2.45, 2.75) is 71.4 Å². The molecule has 1 saturated carbocycles. The number of nitrogens with two attached hydrogens (primary N) is 1. The maximum absolute atomic E-state index is 12.8. The summed E-state index contributed by atoms with van der Waals surface area (Å²) in [5.41, 5.74) is 9.24. The first-order valence-corrected chi connectivity index (χ1v) is 12.9. The summed E-state index contributed by atoms with van der Waals surface area (Å²) < 4.78 is 17.5. The van der Waals surface area contributed by atoms with Gasteiger partial charge < -0.3 is 25.4 Å². The van der Waals surface area contributed by atoms with Gasteiger partial charge in [-0.25, -0.2) is 4.68 Å². The van der Waals surface area contributed by atoms with Crippen LogP contribution in [0.1, 0.15) is 78.1 Å². The predicted octanol–water partition coefficient (Wildman–Crippen LogP) is -0.361. The molecule has 1 amide bonds. The SMILES string of the molecule is Cc1nn(-c2ccc(C(N)=O)c(N[C@H]3CC[C@H](OP(=O)([O-])O)CC3)c2)c2c1C(=O)CC(C)(C)C2.[Na+]. The Morgan fingerprint density at radius 3 is 2.54 bits per heavy atom. The molecule has 12 heteroatoms. The summed E-state index contributed by atoms with van der Waals surface area (Å²) in [7, 11) is -4.77. The molecular formula is C23H30N4NaO6P. The molecule has 1 aromatic carbocycles. The second kappa shape index (κ2) is 10.5. The molecule has 1 fully saturated rings. The number of ketones is 1. The third-order valence-electron chi connectivity index (χ3n) is 6.55. The van der Waals surface area contributed by atoms with Gasteiger partial charge in [0, 0.05) is 18.2 Å². The van der Waals surface area contributed by atoms with Gasteiger partial charge in [0.05, 0.1) is 34.3 Å². The fraction of sp³-hybridized carbons (Fsp3) is 0.522. The van der Waals surface area contributed by atoms with E-state index in [4.69, 9.17) is 15.2 Å². The van der Waals surface area contributed by atoms with Crippen LogP contribution in [0.2, 0.25) is 0 Å². The Morgan fingerprint density at radius 1 is 1.29 bits per heavy atom. The van der Waals surface area contributed by atoms with Crippen LogP contribution in [-0.4, -0.2) is 38.5 Å². The predicted molar refractivity (Wildman–Crippen MR) is 124 cm³/mol. The van der Waals surface area contributed by atoms with Crippen LogP contribution < -0.4 is 45.5 Å². The van der Waals surface area contributed by atoms with Gasteiger partial charge in [-0.3, -0.25) is 14.2 Å². The number of hydrogen-bond donors (Lipinski definition) is 3. The smallest absolute Gasteiger partial charge is 0.756 e. The Morgan fingerprint density at radius 2 is 1.94 bits per heavy atom. The zero-order chi connectivity index (χ0) is 24.8. The quantitative estimate of drug-likeness (QED) is 0.350. The number of hydrogen-bond acceptors (Lipinski definition) is 7. The molecule has 0 spiro atoms. The summed E-state index contributed by atoms with van der Waals surface area (Å²) in [6.45, 7) is 5.95. The van der Waals surface area contributed by atoms with Gasteiger partial charge in [0.15, 0.2) is 5.78 Å². The van der Waals surface area contributed by atoms with Crippen LogP contribution in [0.4, 0.5) is 5.69 Å². The molecule has 35 heavy (non-hydrogen) atoms. The molecule has 1 atom stereocenters. The van der Waals surface area contributed by atoms with Gasteiger partial charge in [-0.15, -0.1) is 0 Å². The molecule has 0 bridgehead atoms. The van der Waals surface area contributed by atoms with E-state index in [9.17, 15) is 19.0 Å². The number of amides is 1. The van der Waals surface area contributed by atoms with E-state index in [1.54, 1.807) is 22.9 Å². The summed E-state index contributed by atoms with van der Waals surface area (Å²) in [6, 6.07) is 5.18. The molecule has 4 rings (SSSR count). The van der Waals surface area contributed by atoms with E-state index < -0.39 is 19.8 Å². The third-order valence-corrected chi connectivity index (χ3v) is 7.11. The van der Waals surface area contributed by atoms with Crippen molar-refractivity contribution in [2.75, 3.05) is 5.32 Å². The number of phosphoric ester groups is 1. The Kier molecular flexibility index (Phi) is 8.38. The van der Waals surface area contributed by atoms with Crippen molar-refractivity contribution in [1.82, 2.24) is 9.78 Å². The maximum Gasteiger partial charge on any atom is 1.00 e. The molecule has 2 aliphatic rings. The second-order valence-electron chi connectivity index (χ2n) is 10.0. The average molecular weight is 512 g/mol. The van der Waals surface area contributed by atoms with Gasteiger partial charge in [0.2, 0.25) is 0 Å². The Labute approximate surface area is 226 Å². The van der Waals surface area contributed by atoms with Crippen molar-refractivity contribution in [3.8, 4) is 5.69 Å². The van der Waals surface area contributed by atoms with Gasteiger partial charge in [0.25, 0.3) is 13.7 Å². The fourth-order valence-corrected chi connectivity index (χ4v) is 5.66. The topological polar surface area (TPSA) is 160 Å². The number of carbonyl (C=O) groups excluding carboxylic acids is 2. The van der Waals surface area contributed by atoms with Crippen molar-refractivity contribution in [3.05, 3.63) is 40.7 Å². The number of nitrogens with one attached hydrogen (secondary N) is 1. The van der Waals surface area contributed by atoms with Crippen LogP contribution >= 0.6 is 7.82 Å². The number of carbonyl (C=O) groups is 2. The third kappa shape index (κ3) is 6.43. The number of anilines is 1. The molecule has 184 valence electrons. The standard InChI is InChI=1S/C23H31N4O6P.Na/c1-13-21-19(11-23(2,3)12-20(21)28)27(26-13)15-6-9-17(22(24)29)18(10-15)25-14-4-7-16(8-5-14)33-34(30,31)32;/h6,9-10,14,16,25H,4-5,7-8,11-12H2,1-3H3,(H2,24,29)(H2,30,31,32);/q;+1/p-1/t14-,16-;. The van der Waals surface area contributed by atoms with E-state index in [1.165, 1.54) is 0 Å². The van der Waals surface area contributed by atoms with Gasteiger partial charge in [-0.05, 0) is 62.6 Å². The van der Waals surface area contributed by atoms with Crippen LogP contribution in [0.3, 0.4) is 0 Å². The molecule has 0 radical (unpaired) electrons. The van der Waals surface area contributed by atoms with Gasteiger partial charge in [0.1, 0.15) is 0 Å². The van der Waals surface area contributed by atoms with E-state index in [-0.39, 0.29) is 46.8 Å². The number of primary amides is 1. The molecule has 1 unspecified atom stereocenters. The van der Waals surface area contributed by atoms with E-state index in [2.05, 4.69) is 24.3 Å². The fourth-order valence-electron chi connectivity index (χ4n) is 5.07. The summed E-state index contributed by atoms with van der Waals surface area (Å²) in [5, 5.41) is 8.00. The molecule has 2 aliphatic carbocycles. The summed E-state index contributed by atoms with van der Waals surface area (Å²) in [5.74, 6) is -0.486. The summed E-state index contributed by atoms with van der Waals surface area (Å²) >= 11 is 0. The molecule has 1 heterocycles. The molecule has 0 aliphatic heterocycles. The van der Waals surface area contributed by atoms with Crippen LogP contribution in [0, 0.1) is 12.3 Å². The number of benzene rings is 1. The van der Waals surface area contributed by atoms with E-state index in [0.29, 0.717) is 66.7 Å². The number of Topliss-reactive ketones (excluding diaryl/α,β-unsaturated/α-hetero) is 1. The summed E-state index contributed by atoms with van der Waals surface area (Å²) in [4.78, 5) is 44.8. The van der Waals surface area contributed by atoms with E-state index in [1.807, 2.05) is 6.92 Å². The van der Waals surface area contributed by atoms with Gasteiger partial charge >= 0.3 is 29.6 Å². The normalized spacial score (nSPS) is 23.1. The number of fused-ring (bicyclic) bond motifs is 1. The first-order chi connectivity index (χ1) is 15.8. The largest absolute Gasteiger partial charge is 1.00 e. The minimum atomic E-state index is -4.77. The van der Waals surface area contributed by atoms with Crippen molar-refractivity contribution in [2.24, 2.45) is 11.1 Å². The zero-order valence-electron chi connectivity index (χ0n) is 20.5. The number of aryl methyl sites for hydroxylation is 1. The minimum absolute atomic E-state index is 0. The molecule has 4 N–H and O–H groups in total. The Bertz CT molecular complexity index is 1180. The molecule has 10 nitrogen and oxygen atoms in total. The zero-order valence-corrected chi connectivity index (χ0v) is 23.4. The summed E-state index contributed by atoms with van der Waals surface area (Å²) in [6.07, 6.45) is 2.68. The van der Waals surface area contributed by atoms with Crippen LogP contribution in [0.5, 0.6) is 0 Å². The van der Waals surface area contributed by atoms with Crippen molar-refractivity contribution in [3.63, 3.8) is 0 Å². The average Bonchev–Trinajstić information content (AvgIpc) is 3.03. The first-order valence-electron chi connectivity index (χ1n) is 11.4. The van der Waals surface area contributed by atoms with Crippen molar-refractivity contribution in [1.29, 1.82) is 0 Å². The van der Waals surface area contributed by atoms with Crippen LogP contribution in [0.25, 0.3) is 5.69 Å². The van der Waals surface area contributed by atoms with Gasteiger partial charge in [-0.1, -0.05) is 13.8 Å². The Hall–Kier alpha value is -1.52. The first kappa shape index (κ1) is 28.1. The van der Waals surface area contributed by atoms with Crippen LogP contribution in [0.15, 0.2) is 18.2 Å². The number of aromatic nitrogens is 2.